The van der Waals surface area contributed by atoms with E-state index in [0.29, 0.717) is 5.69 Å². The van der Waals surface area contributed by atoms with E-state index in [9.17, 15) is 18.0 Å². The Morgan fingerprint density at radius 3 is 2.38 bits per heavy atom. The molecule has 2 aromatic carbocycles. The Kier molecular flexibility index (Phi) is 4.03. The first-order valence-corrected chi connectivity index (χ1v) is 6.90. The van der Waals surface area contributed by atoms with Crippen LogP contribution in [0.1, 0.15) is 16.1 Å². The molecule has 0 atom stereocenters. The second-order valence-electron chi connectivity index (χ2n) is 4.85. The van der Waals surface area contributed by atoms with Gasteiger partial charge in [0.15, 0.2) is 5.69 Å². The number of nitrogens with zero attached hydrogens (tertiary/aromatic N) is 3. The third kappa shape index (κ3) is 3.27. The number of anilines is 1. The minimum absolute atomic E-state index is 0.0872. The summed E-state index contributed by atoms with van der Waals surface area (Å²) < 4.78 is 38.8. The number of alkyl halides is 3. The Morgan fingerprint density at radius 1 is 1.00 bits per heavy atom. The van der Waals surface area contributed by atoms with Crippen LogP contribution >= 0.6 is 0 Å². The van der Waals surface area contributed by atoms with Crippen LogP contribution in [0.2, 0.25) is 0 Å². The van der Waals surface area contributed by atoms with Gasteiger partial charge in [0.05, 0.1) is 23.1 Å². The maximum Gasteiger partial charge on any atom is 0.418 e. The number of rotatable bonds is 3. The molecule has 0 aliphatic carbocycles. The SMILES string of the molecule is O=C(Nc1ccccc1C(F)(F)F)c1cnn(-c2ccccc2)n1. The molecular formula is C16H11F3N4O. The number of hydrogen-bond acceptors (Lipinski definition) is 3. The first-order chi connectivity index (χ1) is 11.4. The maximum atomic E-state index is 12.9. The molecule has 1 aromatic heterocycles. The van der Waals surface area contributed by atoms with E-state index in [1.807, 2.05) is 6.07 Å². The molecule has 0 fully saturated rings. The quantitative estimate of drug-likeness (QED) is 0.798. The minimum atomic E-state index is -4.56. The van der Waals surface area contributed by atoms with Crippen molar-refractivity contribution in [3.05, 3.63) is 72.1 Å². The van der Waals surface area contributed by atoms with Crippen LogP contribution in [0.15, 0.2) is 60.8 Å². The van der Waals surface area contributed by atoms with Crippen LogP contribution in [0, 0.1) is 0 Å². The lowest BCUT2D eigenvalue weighted by atomic mass is 10.1. The Labute approximate surface area is 134 Å². The van der Waals surface area contributed by atoms with E-state index in [2.05, 4.69) is 15.5 Å². The molecule has 5 nitrogen and oxygen atoms in total. The van der Waals surface area contributed by atoms with E-state index >= 15 is 0 Å². The normalized spacial score (nSPS) is 11.3. The van der Waals surface area contributed by atoms with Crippen LogP contribution in [0.25, 0.3) is 5.69 Å². The lowest BCUT2D eigenvalue weighted by Crippen LogP contribution is -2.17. The van der Waals surface area contributed by atoms with Gasteiger partial charge in [0.2, 0.25) is 0 Å². The van der Waals surface area contributed by atoms with Crippen LogP contribution in [0.4, 0.5) is 18.9 Å². The molecule has 0 aliphatic rings. The lowest BCUT2D eigenvalue weighted by Gasteiger charge is -2.12. The molecule has 0 aliphatic heterocycles. The number of carbonyl (C=O) groups excluding carboxylic acids is 1. The first kappa shape index (κ1) is 15.7. The average Bonchev–Trinajstić information content (AvgIpc) is 3.05. The van der Waals surface area contributed by atoms with E-state index in [1.54, 1.807) is 24.3 Å². The molecule has 0 unspecified atom stereocenters. The van der Waals surface area contributed by atoms with E-state index < -0.39 is 17.6 Å². The van der Waals surface area contributed by atoms with Crippen molar-refractivity contribution < 1.29 is 18.0 Å². The van der Waals surface area contributed by atoms with Crippen molar-refractivity contribution >= 4 is 11.6 Å². The van der Waals surface area contributed by atoms with Gasteiger partial charge in [0.1, 0.15) is 0 Å². The zero-order chi connectivity index (χ0) is 17.2. The van der Waals surface area contributed by atoms with Gasteiger partial charge in [-0.15, -0.1) is 5.10 Å². The van der Waals surface area contributed by atoms with Crippen LogP contribution in [-0.2, 0) is 6.18 Å². The number of carbonyl (C=O) groups is 1. The van der Waals surface area contributed by atoms with Gasteiger partial charge in [-0.05, 0) is 24.3 Å². The molecule has 1 N–H and O–H groups in total. The predicted molar refractivity (Wildman–Crippen MR) is 80.8 cm³/mol. The Morgan fingerprint density at radius 2 is 1.67 bits per heavy atom. The van der Waals surface area contributed by atoms with Gasteiger partial charge in [-0.25, -0.2) is 0 Å². The van der Waals surface area contributed by atoms with Gasteiger partial charge in [0, 0.05) is 0 Å². The van der Waals surface area contributed by atoms with E-state index in [-0.39, 0.29) is 11.4 Å². The maximum absolute atomic E-state index is 12.9. The summed E-state index contributed by atoms with van der Waals surface area (Å²) in [5, 5.41) is 10.1. The van der Waals surface area contributed by atoms with Crippen molar-refractivity contribution in [2.45, 2.75) is 6.18 Å². The highest BCUT2D eigenvalue weighted by Crippen LogP contribution is 2.34. The van der Waals surface area contributed by atoms with E-state index in [1.165, 1.54) is 29.2 Å². The van der Waals surface area contributed by atoms with Crippen molar-refractivity contribution in [3.63, 3.8) is 0 Å². The number of amides is 1. The third-order valence-corrected chi connectivity index (χ3v) is 3.19. The molecule has 3 aromatic rings. The number of para-hydroxylation sites is 2. The molecule has 0 saturated carbocycles. The molecular weight excluding hydrogens is 321 g/mol. The third-order valence-electron chi connectivity index (χ3n) is 3.19. The van der Waals surface area contributed by atoms with Crippen molar-refractivity contribution in [3.8, 4) is 5.69 Å². The van der Waals surface area contributed by atoms with Gasteiger partial charge in [-0.2, -0.15) is 23.1 Å². The molecule has 1 heterocycles. The highest BCUT2D eigenvalue weighted by molar-refractivity contribution is 6.03. The molecule has 8 heteroatoms. The zero-order valence-electron chi connectivity index (χ0n) is 12.2. The van der Waals surface area contributed by atoms with Crippen molar-refractivity contribution in [1.29, 1.82) is 0 Å². The molecule has 1 amide bonds. The summed E-state index contributed by atoms with van der Waals surface area (Å²) in [6.07, 6.45) is -3.37. The summed E-state index contributed by atoms with van der Waals surface area (Å²) in [6.45, 7) is 0. The van der Waals surface area contributed by atoms with Crippen molar-refractivity contribution in [2.24, 2.45) is 0 Å². The van der Waals surface area contributed by atoms with Crippen molar-refractivity contribution in [1.82, 2.24) is 15.0 Å². The summed E-state index contributed by atoms with van der Waals surface area (Å²) in [7, 11) is 0. The fraction of sp³-hybridized carbons (Fsp3) is 0.0625. The predicted octanol–water partition coefficient (Wildman–Crippen LogP) is 3.54. The standard InChI is InChI=1S/C16H11F3N4O/c17-16(18,19)12-8-4-5-9-13(12)21-15(24)14-10-20-23(22-14)11-6-2-1-3-7-11/h1-10H,(H,21,24). The summed E-state index contributed by atoms with van der Waals surface area (Å²) >= 11 is 0. The lowest BCUT2D eigenvalue weighted by molar-refractivity contribution is -0.136. The van der Waals surface area contributed by atoms with Crippen LogP contribution in [-0.4, -0.2) is 20.9 Å². The van der Waals surface area contributed by atoms with Gasteiger partial charge in [-0.1, -0.05) is 30.3 Å². The number of halogens is 3. The highest BCUT2D eigenvalue weighted by atomic mass is 19.4. The Balaban J connectivity index is 1.83. The number of aromatic nitrogens is 3. The van der Waals surface area contributed by atoms with Crippen LogP contribution < -0.4 is 5.32 Å². The van der Waals surface area contributed by atoms with Gasteiger partial charge >= 0.3 is 6.18 Å². The van der Waals surface area contributed by atoms with Gasteiger partial charge < -0.3 is 5.32 Å². The topological polar surface area (TPSA) is 59.8 Å². The number of benzene rings is 2. The number of hydrogen-bond donors (Lipinski definition) is 1. The monoisotopic (exact) mass is 332 g/mol. The Hall–Kier alpha value is -3.16. The van der Waals surface area contributed by atoms with Crippen molar-refractivity contribution in [2.75, 3.05) is 5.32 Å². The average molecular weight is 332 g/mol. The molecule has 3 rings (SSSR count). The largest absolute Gasteiger partial charge is 0.418 e. The zero-order valence-corrected chi connectivity index (χ0v) is 12.2. The summed E-state index contributed by atoms with van der Waals surface area (Å²) in [4.78, 5) is 13.4. The molecule has 0 spiro atoms. The van der Waals surface area contributed by atoms with E-state index in [4.69, 9.17) is 0 Å². The molecule has 0 bridgehead atoms. The smallest absolute Gasteiger partial charge is 0.320 e. The van der Waals surface area contributed by atoms with Gasteiger partial charge in [0.25, 0.3) is 5.91 Å². The molecule has 24 heavy (non-hydrogen) atoms. The molecule has 122 valence electrons. The van der Waals surface area contributed by atoms with Crippen LogP contribution in [0.3, 0.4) is 0 Å². The molecule has 0 radical (unpaired) electrons. The minimum Gasteiger partial charge on any atom is -0.320 e. The Bertz CT molecular complexity index is 859. The fourth-order valence-electron chi connectivity index (χ4n) is 2.08. The second-order valence-corrected chi connectivity index (χ2v) is 4.85. The van der Waals surface area contributed by atoms with Crippen LogP contribution in [0.5, 0.6) is 0 Å². The summed E-state index contributed by atoms with van der Waals surface area (Å²) in [6, 6.07) is 13.6. The molecule has 0 saturated heterocycles. The number of nitrogens with one attached hydrogen (secondary N) is 1. The second kappa shape index (κ2) is 6.15. The summed E-state index contributed by atoms with van der Waals surface area (Å²) in [5.74, 6) is -0.770. The van der Waals surface area contributed by atoms with E-state index in [0.717, 1.165) is 6.07 Å². The van der Waals surface area contributed by atoms with Gasteiger partial charge in [-0.3, -0.25) is 4.79 Å². The first-order valence-electron chi connectivity index (χ1n) is 6.90. The summed E-state index contributed by atoms with van der Waals surface area (Å²) in [5.41, 5.74) is -0.707. The highest BCUT2D eigenvalue weighted by Gasteiger charge is 2.33. The fourth-order valence-corrected chi connectivity index (χ4v) is 2.08.